The largest absolute Gasteiger partial charge is 0.388 e. The molecule has 2 unspecified atom stereocenters. The van der Waals surface area contributed by atoms with Gasteiger partial charge < -0.3 is 5.11 Å². The lowest BCUT2D eigenvalue weighted by molar-refractivity contribution is 0.0181. The van der Waals surface area contributed by atoms with Gasteiger partial charge in [0.1, 0.15) is 0 Å². The van der Waals surface area contributed by atoms with Crippen LogP contribution in [0.2, 0.25) is 0 Å². The van der Waals surface area contributed by atoms with E-state index in [9.17, 15) is 5.11 Å². The predicted molar refractivity (Wildman–Crippen MR) is 56.8 cm³/mol. The van der Waals surface area contributed by atoms with Gasteiger partial charge in [0.05, 0.1) is 6.10 Å². The van der Waals surface area contributed by atoms with Crippen LogP contribution in [0.1, 0.15) is 25.7 Å². The van der Waals surface area contributed by atoms with Gasteiger partial charge in [0.2, 0.25) is 0 Å². The van der Waals surface area contributed by atoms with E-state index in [1.165, 1.54) is 19.3 Å². The summed E-state index contributed by atoms with van der Waals surface area (Å²) in [4.78, 5) is 0. The highest BCUT2D eigenvalue weighted by Gasteiger charge is 2.55. The van der Waals surface area contributed by atoms with E-state index in [1.54, 1.807) is 0 Å². The van der Waals surface area contributed by atoms with Gasteiger partial charge in [-0.1, -0.05) is 49.3 Å². The Morgan fingerprint density at radius 2 is 1.79 bits per heavy atom. The van der Waals surface area contributed by atoms with Gasteiger partial charge >= 0.3 is 0 Å². The highest BCUT2D eigenvalue weighted by atomic mass is 16.3. The van der Waals surface area contributed by atoms with E-state index >= 15 is 0 Å². The molecule has 3 aliphatic rings. The van der Waals surface area contributed by atoms with Crippen LogP contribution in [0.25, 0.3) is 0 Å². The summed E-state index contributed by atoms with van der Waals surface area (Å²) >= 11 is 0. The zero-order valence-corrected chi connectivity index (χ0v) is 8.32. The normalized spacial score (nSPS) is 49.1. The maximum atomic E-state index is 10.1. The topological polar surface area (TPSA) is 20.2 Å². The minimum absolute atomic E-state index is 0. The Morgan fingerprint density at radius 3 is 2.64 bits per heavy atom. The molecule has 1 fully saturated rings. The first kappa shape index (κ1) is 8.49. The van der Waals surface area contributed by atoms with Crippen LogP contribution < -0.4 is 0 Å². The average Bonchev–Trinajstić information content (AvgIpc) is 2.54. The standard InChI is InChI=1S/C13H16O/c14-11-5-10-12-6-1-3-8-13(11,12)9-4-2-7-12/h1,3,5-6,8,10-11,14H,2,4,7,9H2/t11-,12?,13?/m0/s1. The molecule has 3 atom stereocenters. The maximum absolute atomic E-state index is 10.1. The smallest absolute Gasteiger partial charge is 0.0823 e. The molecule has 1 nitrogen and oxygen atoms in total. The lowest BCUT2D eigenvalue weighted by Crippen LogP contribution is -2.45. The lowest BCUT2D eigenvalue weighted by Gasteiger charge is -2.49. The summed E-state index contributed by atoms with van der Waals surface area (Å²) in [7, 11) is 0. The zero-order valence-electron chi connectivity index (χ0n) is 8.32. The van der Waals surface area contributed by atoms with E-state index < -0.39 is 0 Å². The minimum Gasteiger partial charge on any atom is -0.388 e. The Morgan fingerprint density at radius 1 is 1.00 bits per heavy atom. The molecule has 0 radical (unpaired) electrons. The molecule has 74 valence electrons. The fourth-order valence-corrected chi connectivity index (χ4v) is 3.48. The van der Waals surface area contributed by atoms with Crippen molar-refractivity contribution in [3.63, 3.8) is 0 Å². The van der Waals surface area contributed by atoms with Crippen LogP contribution in [0.3, 0.4) is 0 Å². The Hall–Kier alpha value is -0.820. The first-order chi connectivity index (χ1) is 6.79. The molecule has 0 aromatic rings. The van der Waals surface area contributed by atoms with Gasteiger partial charge in [-0.3, -0.25) is 0 Å². The Kier molecular flexibility index (Phi) is 1.58. The molecule has 1 saturated carbocycles. The van der Waals surface area contributed by atoms with Gasteiger partial charge in [-0.25, -0.2) is 0 Å². The Balaban J connectivity index is 2.14. The molecule has 0 bridgehead atoms. The molecule has 0 heterocycles. The van der Waals surface area contributed by atoms with Crippen molar-refractivity contribution >= 4 is 0 Å². The maximum Gasteiger partial charge on any atom is 0.0823 e. The second-order valence-electron chi connectivity index (χ2n) is 4.81. The van der Waals surface area contributed by atoms with Crippen molar-refractivity contribution in [1.29, 1.82) is 0 Å². The predicted octanol–water partition coefficient (Wildman–Crippen LogP) is 2.59. The highest BCUT2D eigenvalue weighted by molar-refractivity contribution is 5.39. The average molecular weight is 188 g/mol. The molecular weight excluding hydrogens is 172 g/mol. The molecule has 0 aromatic heterocycles. The van der Waals surface area contributed by atoms with E-state index in [0.717, 1.165) is 6.42 Å². The van der Waals surface area contributed by atoms with E-state index in [-0.39, 0.29) is 16.9 Å². The van der Waals surface area contributed by atoms with Crippen LogP contribution in [0.4, 0.5) is 0 Å². The van der Waals surface area contributed by atoms with Crippen LogP contribution in [0, 0.1) is 10.8 Å². The first-order valence-corrected chi connectivity index (χ1v) is 5.54. The molecule has 3 rings (SSSR count). The third-order valence-electron chi connectivity index (χ3n) is 4.30. The summed E-state index contributed by atoms with van der Waals surface area (Å²) in [6, 6.07) is 0. The summed E-state index contributed by atoms with van der Waals surface area (Å²) in [6.07, 6.45) is 17.6. The fraction of sp³-hybridized carbons (Fsp3) is 0.538. The summed E-state index contributed by atoms with van der Waals surface area (Å²) in [5, 5.41) is 10.1. The first-order valence-electron chi connectivity index (χ1n) is 5.54. The van der Waals surface area contributed by atoms with Crippen molar-refractivity contribution in [2.45, 2.75) is 31.8 Å². The summed E-state index contributed by atoms with van der Waals surface area (Å²) in [6.45, 7) is 0. The van der Waals surface area contributed by atoms with Gasteiger partial charge in [-0.15, -0.1) is 0 Å². The van der Waals surface area contributed by atoms with Crippen molar-refractivity contribution in [2.75, 3.05) is 0 Å². The van der Waals surface area contributed by atoms with Gasteiger partial charge in [-0.05, 0) is 12.8 Å². The number of allylic oxidation sites excluding steroid dienone is 4. The van der Waals surface area contributed by atoms with E-state index in [0.29, 0.717) is 0 Å². The molecule has 0 aromatic carbocycles. The highest BCUT2D eigenvalue weighted by Crippen LogP contribution is 2.60. The van der Waals surface area contributed by atoms with Gasteiger partial charge in [0.15, 0.2) is 0 Å². The third kappa shape index (κ3) is 0.795. The Bertz CT molecular complexity index is 339. The molecule has 14 heavy (non-hydrogen) atoms. The van der Waals surface area contributed by atoms with Crippen molar-refractivity contribution in [2.24, 2.45) is 10.8 Å². The molecule has 0 aliphatic heterocycles. The molecular formula is C13H16O. The van der Waals surface area contributed by atoms with Crippen molar-refractivity contribution in [3.05, 3.63) is 36.5 Å². The molecule has 1 N–H and O–H groups in total. The number of rotatable bonds is 0. The second-order valence-corrected chi connectivity index (χ2v) is 4.81. The summed E-state index contributed by atoms with van der Waals surface area (Å²) < 4.78 is 0. The molecule has 3 aliphatic carbocycles. The number of aliphatic hydroxyl groups is 1. The van der Waals surface area contributed by atoms with Crippen molar-refractivity contribution in [3.8, 4) is 0 Å². The zero-order chi connectivity index (χ0) is 9.65. The van der Waals surface area contributed by atoms with Gasteiger partial charge in [0.25, 0.3) is 0 Å². The fourth-order valence-electron chi connectivity index (χ4n) is 3.48. The summed E-state index contributed by atoms with van der Waals surface area (Å²) in [5.41, 5.74) is 0.138. The van der Waals surface area contributed by atoms with Crippen LogP contribution in [-0.2, 0) is 0 Å². The van der Waals surface area contributed by atoms with E-state index in [4.69, 9.17) is 0 Å². The van der Waals surface area contributed by atoms with Crippen LogP contribution in [0.15, 0.2) is 36.5 Å². The quantitative estimate of drug-likeness (QED) is 0.579. The number of aliphatic hydroxyl groups excluding tert-OH is 1. The van der Waals surface area contributed by atoms with Crippen molar-refractivity contribution < 1.29 is 5.11 Å². The second kappa shape index (κ2) is 2.60. The SMILES string of the molecule is O[C@H]1C=CC23C=CC=CC12CCCC3. The van der Waals surface area contributed by atoms with E-state index in [2.05, 4.69) is 30.4 Å². The monoisotopic (exact) mass is 188 g/mol. The molecule has 1 heteroatoms. The molecule has 0 spiro atoms. The van der Waals surface area contributed by atoms with Crippen LogP contribution in [0.5, 0.6) is 0 Å². The minimum atomic E-state index is -0.274. The molecule has 0 amide bonds. The number of hydrogen-bond acceptors (Lipinski definition) is 1. The Labute approximate surface area is 84.8 Å². The third-order valence-corrected chi connectivity index (χ3v) is 4.30. The lowest BCUT2D eigenvalue weighted by atomic mass is 9.55. The molecule has 0 saturated heterocycles. The number of hydrogen-bond donors (Lipinski definition) is 1. The van der Waals surface area contributed by atoms with Gasteiger partial charge in [-0.2, -0.15) is 0 Å². The van der Waals surface area contributed by atoms with Crippen LogP contribution >= 0.6 is 0 Å². The van der Waals surface area contributed by atoms with Crippen molar-refractivity contribution in [1.82, 2.24) is 0 Å². The van der Waals surface area contributed by atoms with Crippen LogP contribution in [-0.4, -0.2) is 11.2 Å². The van der Waals surface area contributed by atoms with E-state index in [1.807, 2.05) is 6.08 Å². The van der Waals surface area contributed by atoms with Gasteiger partial charge in [0, 0.05) is 10.8 Å². The summed E-state index contributed by atoms with van der Waals surface area (Å²) in [5.74, 6) is 0.